The van der Waals surface area contributed by atoms with Gasteiger partial charge >= 0.3 is 6.09 Å². The SMILES string of the molecule is CNC(=O)C(=O)[C@H](CCC(C)(F)F)NC(=O)[C@@H]1[C@@H]2[C@H](CN1C(=O)[C@@H](NC(=O)O)C(C)(C)C)C21CCOCC1. The lowest BCUT2D eigenvalue weighted by Gasteiger charge is -2.39. The van der Waals surface area contributed by atoms with E-state index in [1.807, 2.05) is 0 Å². The van der Waals surface area contributed by atoms with Crippen LogP contribution in [0.15, 0.2) is 0 Å². The Labute approximate surface area is 220 Å². The van der Waals surface area contributed by atoms with Crippen molar-refractivity contribution in [3.05, 3.63) is 0 Å². The predicted octanol–water partition coefficient (Wildman–Crippen LogP) is 1.16. The first-order chi connectivity index (χ1) is 17.5. The van der Waals surface area contributed by atoms with Crippen LogP contribution in [0.2, 0.25) is 0 Å². The van der Waals surface area contributed by atoms with Crippen molar-refractivity contribution in [1.29, 1.82) is 0 Å². The zero-order chi connectivity index (χ0) is 28.6. The van der Waals surface area contributed by atoms with Gasteiger partial charge in [0.05, 0.1) is 6.04 Å². The van der Waals surface area contributed by atoms with Gasteiger partial charge in [0, 0.05) is 33.2 Å². The van der Waals surface area contributed by atoms with E-state index >= 15 is 0 Å². The summed E-state index contributed by atoms with van der Waals surface area (Å²) in [5.41, 5.74) is -1.05. The monoisotopic (exact) mass is 544 g/mol. The average Bonchev–Trinajstić information content (AvgIpc) is 3.19. The Bertz CT molecular complexity index is 972. The Hall–Kier alpha value is -2.83. The topological polar surface area (TPSA) is 154 Å². The van der Waals surface area contributed by atoms with E-state index < -0.39 is 71.9 Å². The minimum atomic E-state index is -3.13. The number of nitrogens with one attached hydrogen (secondary N) is 3. The van der Waals surface area contributed by atoms with Crippen LogP contribution < -0.4 is 16.0 Å². The van der Waals surface area contributed by atoms with Gasteiger partial charge in [0.2, 0.25) is 23.5 Å². The van der Waals surface area contributed by atoms with E-state index in [-0.39, 0.29) is 23.8 Å². The second kappa shape index (κ2) is 10.7. The van der Waals surface area contributed by atoms with Gasteiger partial charge in [-0.3, -0.25) is 19.2 Å². The number of nitrogens with zero attached hydrogens (tertiary/aromatic N) is 1. The Morgan fingerprint density at radius 1 is 1.08 bits per heavy atom. The third kappa shape index (κ3) is 6.08. The molecule has 0 radical (unpaired) electrons. The van der Waals surface area contributed by atoms with Crippen molar-refractivity contribution in [1.82, 2.24) is 20.9 Å². The lowest BCUT2D eigenvalue weighted by atomic mass is 9.84. The van der Waals surface area contributed by atoms with Gasteiger partial charge in [-0.25, -0.2) is 13.6 Å². The van der Waals surface area contributed by atoms with Crippen LogP contribution in [0.4, 0.5) is 13.6 Å². The summed E-state index contributed by atoms with van der Waals surface area (Å²) >= 11 is 0. The molecular weight excluding hydrogens is 506 g/mol. The molecule has 11 nitrogen and oxygen atoms in total. The maximum Gasteiger partial charge on any atom is 0.405 e. The summed E-state index contributed by atoms with van der Waals surface area (Å²) in [5, 5.41) is 16.2. The fourth-order valence-electron chi connectivity index (χ4n) is 6.09. The van der Waals surface area contributed by atoms with Gasteiger partial charge in [0.25, 0.3) is 5.91 Å². The predicted molar refractivity (Wildman–Crippen MR) is 130 cm³/mol. The fourth-order valence-corrected chi connectivity index (χ4v) is 6.09. The molecule has 3 fully saturated rings. The van der Waals surface area contributed by atoms with Crippen molar-refractivity contribution < 1.29 is 42.6 Å². The average molecular weight is 545 g/mol. The van der Waals surface area contributed by atoms with Crippen LogP contribution in [-0.2, 0) is 23.9 Å². The maximum atomic E-state index is 13.7. The number of hydrogen-bond donors (Lipinski definition) is 4. The van der Waals surface area contributed by atoms with Crippen LogP contribution in [0.5, 0.6) is 0 Å². The normalized spacial score (nSPS) is 25.7. The van der Waals surface area contributed by atoms with Gasteiger partial charge in [-0.1, -0.05) is 20.8 Å². The van der Waals surface area contributed by atoms with Crippen LogP contribution in [0.3, 0.4) is 0 Å². The number of ether oxygens (including phenoxy) is 1. The number of carboxylic acid groups (broad SMARTS) is 1. The Kier molecular flexibility index (Phi) is 8.40. The minimum absolute atomic E-state index is 0.0235. The Balaban J connectivity index is 1.91. The standard InChI is InChI=1S/C25H38F2N4O7/c1-23(2,3)18(30-22(36)37)21(35)31-12-13-15(25(13)8-10-38-11-9-25)16(31)19(33)29-14(6-7-24(4,26)27)17(32)20(34)28-5/h13-16,18,30H,6-12H2,1-5H3,(H,28,34)(H,29,33)(H,36,37)/t13-,14-,15-,16-,18+/m0/s1. The van der Waals surface area contributed by atoms with Gasteiger partial charge in [0.1, 0.15) is 12.1 Å². The molecule has 0 bridgehead atoms. The van der Waals surface area contributed by atoms with Crippen LogP contribution in [0.25, 0.3) is 0 Å². The first kappa shape index (κ1) is 29.7. The summed E-state index contributed by atoms with van der Waals surface area (Å²) in [6.45, 7) is 6.99. The molecule has 0 aromatic carbocycles. The highest BCUT2D eigenvalue weighted by Gasteiger charge is 2.73. The number of alkyl halides is 2. The molecular formula is C25H38F2N4O7. The molecule has 3 rings (SSSR count). The molecule has 2 saturated heterocycles. The fraction of sp³-hybridized carbons (Fsp3) is 0.800. The number of ketones is 1. The quantitative estimate of drug-likeness (QED) is 0.318. The number of carbonyl (C=O) groups is 5. The number of Topliss-reactive ketones (excluding diaryl/α,β-unsaturated/α-hetero) is 1. The van der Waals surface area contributed by atoms with Crippen LogP contribution in [0.1, 0.15) is 53.4 Å². The molecule has 1 saturated carbocycles. The minimum Gasteiger partial charge on any atom is -0.465 e. The molecule has 1 spiro atoms. The molecule has 3 aliphatic rings. The van der Waals surface area contributed by atoms with Crippen molar-refractivity contribution in [2.45, 2.75) is 77.4 Å². The smallest absolute Gasteiger partial charge is 0.405 e. The van der Waals surface area contributed by atoms with E-state index in [0.29, 0.717) is 33.0 Å². The summed E-state index contributed by atoms with van der Waals surface area (Å²) in [6.07, 6.45) is -1.22. The Morgan fingerprint density at radius 2 is 1.68 bits per heavy atom. The van der Waals surface area contributed by atoms with Crippen molar-refractivity contribution in [3.63, 3.8) is 0 Å². The Morgan fingerprint density at radius 3 is 2.18 bits per heavy atom. The summed E-state index contributed by atoms with van der Waals surface area (Å²) in [4.78, 5) is 64.9. The lowest BCUT2D eigenvalue weighted by Crippen LogP contribution is -2.60. The number of hydrogen-bond acceptors (Lipinski definition) is 6. The molecule has 0 unspecified atom stereocenters. The molecule has 2 heterocycles. The summed E-state index contributed by atoms with van der Waals surface area (Å²) in [6, 6.07) is -3.71. The van der Waals surface area contributed by atoms with Gasteiger partial charge in [0.15, 0.2) is 0 Å². The third-order valence-electron chi connectivity index (χ3n) is 8.11. The summed E-state index contributed by atoms with van der Waals surface area (Å²) in [7, 11) is 1.22. The van der Waals surface area contributed by atoms with E-state index in [1.54, 1.807) is 20.8 Å². The van der Waals surface area contributed by atoms with E-state index in [9.17, 15) is 37.9 Å². The molecule has 4 amide bonds. The van der Waals surface area contributed by atoms with E-state index in [2.05, 4.69) is 16.0 Å². The van der Waals surface area contributed by atoms with E-state index in [0.717, 1.165) is 0 Å². The van der Waals surface area contributed by atoms with Crippen LogP contribution >= 0.6 is 0 Å². The first-order valence-corrected chi connectivity index (χ1v) is 12.9. The summed E-state index contributed by atoms with van der Waals surface area (Å²) in [5.74, 6) is -6.80. The van der Waals surface area contributed by atoms with Crippen molar-refractivity contribution in [3.8, 4) is 0 Å². The summed E-state index contributed by atoms with van der Waals surface area (Å²) < 4.78 is 32.7. The number of carbonyl (C=O) groups excluding carboxylic acids is 4. The molecule has 38 heavy (non-hydrogen) atoms. The van der Waals surface area contributed by atoms with Gasteiger partial charge in [-0.2, -0.15) is 0 Å². The van der Waals surface area contributed by atoms with E-state index in [1.165, 1.54) is 11.9 Å². The zero-order valence-corrected chi connectivity index (χ0v) is 22.4. The number of rotatable bonds is 9. The molecule has 2 aliphatic heterocycles. The van der Waals surface area contributed by atoms with Crippen molar-refractivity contribution >= 4 is 29.6 Å². The molecule has 4 N–H and O–H groups in total. The maximum absolute atomic E-state index is 13.7. The molecule has 13 heteroatoms. The molecule has 214 valence electrons. The van der Waals surface area contributed by atoms with Gasteiger partial charge in [-0.15, -0.1) is 0 Å². The number of likely N-dealkylation sites (N-methyl/N-ethyl adjacent to an activating group) is 1. The molecule has 5 atom stereocenters. The van der Waals surface area contributed by atoms with E-state index in [4.69, 9.17) is 4.74 Å². The van der Waals surface area contributed by atoms with Gasteiger partial charge in [-0.05, 0) is 48.9 Å². The lowest BCUT2D eigenvalue weighted by molar-refractivity contribution is -0.146. The number of fused-ring (bicyclic) bond motifs is 3. The van der Waals surface area contributed by atoms with Crippen LogP contribution in [0, 0.1) is 22.7 Å². The largest absolute Gasteiger partial charge is 0.465 e. The molecule has 0 aromatic rings. The highest BCUT2D eigenvalue weighted by Crippen LogP contribution is 2.70. The highest BCUT2D eigenvalue weighted by molar-refractivity contribution is 6.38. The number of likely N-dealkylation sites (tertiary alicyclic amines) is 1. The van der Waals surface area contributed by atoms with Crippen molar-refractivity contribution in [2.75, 3.05) is 26.8 Å². The number of amides is 4. The second-order valence-corrected chi connectivity index (χ2v) is 11.8. The number of halogens is 2. The second-order valence-electron chi connectivity index (χ2n) is 11.8. The van der Waals surface area contributed by atoms with Gasteiger partial charge < -0.3 is 30.7 Å². The first-order valence-electron chi connectivity index (χ1n) is 12.9. The number of piperidine rings is 1. The third-order valence-corrected chi connectivity index (χ3v) is 8.11. The zero-order valence-electron chi connectivity index (χ0n) is 22.4. The van der Waals surface area contributed by atoms with Crippen LogP contribution in [-0.4, -0.2) is 90.5 Å². The van der Waals surface area contributed by atoms with Crippen molar-refractivity contribution in [2.24, 2.45) is 22.7 Å². The molecule has 1 aliphatic carbocycles. The molecule has 0 aromatic heterocycles. The highest BCUT2D eigenvalue weighted by atomic mass is 19.3.